The highest BCUT2D eigenvalue weighted by atomic mass is 32.2. The van der Waals surface area contributed by atoms with Gasteiger partial charge in [-0.3, -0.25) is 4.79 Å². The van der Waals surface area contributed by atoms with Crippen molar-refractivity contribution in [2.45, 2.75) is 31.8 Å². The van der Waals surface area contributed by atoms with E-state index < -0.39 is 0 Å². The Kier molecular flexibility index (Phi) is 5.78. The van der Waals surface area contributed by atoms with Crippen LogP contribution in [0.3, 0.4) is 0 Å². The van der Waals surface area contributed by atoms with Crippen molar-refractivity contribution in [2.75, 3.05) is 5.75 Å². The highest BCUT2D eigenvalue weighted by Crippen LogP contribution is 2.23. The molecule has 1 aromatic heterocycles. The molecule has 0 unspecified atom stereocenters. The van der Waals surface area contributed by atoms with Crippen molar-refractivity contribution in [3.8, 4) is 5.69 Å². The number of carbonyl (C=O) groups is 1. The second-order valence-electron chi connectivity index (χ2n) is 5.97. The summed E-state index contributed by atoms with van der Waals surface area (Å²) in [5.74, 6) is 0.396. The minimum absolute atomic E-state index is 0.0136. The van der Waals surface area contributed by atoms with E-state index in [9.17, 15) is 9.18 Å². The number of nitrogens with zero attached hydrogens (tertiary/aromatic N) is 4. The molecule has 0 amide bonds. The molecule has 3 aromatic rings. The Hall–Kier alpha value is -2.54. The molecule has 0 aliphatic heterocycles. The SMILES string of the molecule is Cc1cccc(-n2nnnc2SCCCC(=O)c2ccc(F)cc2)c1C. The number of halogens is 1. The lowest BCUT2D eigenvalue weighted by Gasteiger charge is -2.09. The van der Waals surface area contributed by atoms with Crippen LogP contribution >= 0.6 is 11.8 Å². The van der Waals surface area contributed by atoms with E-state index in [4.69, 9.17) is 0 Å². The van der Waals surface area contributed by atoms with Crippen LogP contribution in [0.2, 0.25) is 0 Å². The summed E-state index contributed by atoms with van der Waals surface area (Å²) in [6.07, 6.45) is 1.10. The molecule has 2 aromatic carbocycles. The monoisotopic (exact) mass is 370 g/mol. The maximum Gasteiger partial charge on any atom is 0.214 e. The Balaban J connectivity index is 1.58. The molecule has 134 valence electrons. The molecule has 0 saturated carbocycles. The fraction of sp³-hybridized carbons (Fsp3) is 0.263. The van der Waals surface area contributed by atoms with Crippen LogP contribution in [0, 0.1) is 19.7 Å². The van der Waals surface area contributed by atoms with E-state index in [1.54, 1.807) is 4.68 Å². The van der Waals surface area contributed by atoms with Gasteiger partial charge in [0, 0.05) is 17.7 Å². The minimum Gasteiger partial charge on any atom is -0.294 e. The van der Waals surface area contributed by atoms with Gasteiger partial charge in [0.2, 0.25) is 5.16 Å². The second-order valence-corrected chi connectivity index (χ2v) is 7.04. The zero-order valence-corrected chi connectivity index (χ0v) is 15.5. The van der Waals surface area contributed by atoms with Crippen molar-refractivity contribution < 1.29 is 9.18 Å². The highest BCUT2D eigenvalue weighted by molar-refractivity contribution is 7.99. The lowest BCUT2D eigenvalue weighted by molar-refractivity contribution is 0.0982. The van der Waals surface area contributed by atoms with Crippen molar-refractivity contribution in [2.24, 2.45) is 0 Å². The fourth-order valence-corrected chi connectivity index (χ4v) is 3.38. The number of rotatable bonds is 7. The van der Waals surface area contributed by atoms with Crippen LogP contribution in [0.15, 0.2) is 47.6 Å². The molecule has 0 aliphatic carbocycles. The van der Waals surface area contributed by atoms with E-state index >= 15 is 0 Å². The molecule has 7 heteroatoms. The zero-order chi connectivity index (χ0) is 18.5. The Morgan fingerprint density at radius 2 is 1.92 bits per heavy atom. The maximum absolute atomic E-state index is 12.9. The van der Waals surface area contributed by atoms with Crippen LogP contribution in [-0.4, -0.2) is 31.7 Å². The van der Waals surface area contributed by atoms with E-state index in [-0.39, 0.29) is 11.6 Å². The molecular weight excluding hydrogens is 351 g/mol. The second kappa shape index (κ2) is 8.23. The molecule has 0 saturated heterocycles. The number of tetrazole rings is 1. The number of Topliss-reactive ketones (excluding diaryl/α,β-unsaturated/α-hetero) is 1. The van der Waals surface area contributed by atoms with Crippen molar-refractivity contribution in [1.29, 1.82) is 0 Å². The van der Waals surface area contributed by atoms with Crippen LogP contribution in [0.5, 0.6) is 0 Å². The van der Waals surface area contributed by atoms with Crippen LogP contribution in [0.25, 0.3) is 5.69 Å². The molecule has 0 spiro atoms. The van der Waals surface area contributed by atoms with Crippen LogP contribution < -0.4 is 0 Å². The first-order valence-electron chi connectivity index (χ1n) is 8.33. The molecule has 0 N–H and O–H groups in total. The molecular formula is C19H19FN4OS. The van der Waals surface area contributed by atoms with Gasteiger partial charge in [0.25, 0.3) is 0 Å². The third-order valence-corrected chi connectivity index (χ3v) is 5.20. The molecule has 0 bridgehead atoms. The quantitative estimate of drug-likeness (QED) is 0.355. The van der Waals surface area contributed by atoms with Crippen molar-refractivity contribution in [1.82, 2.24) is 20.2 Å². The van der Waals surface area contributed by atoms with Crippen LogP contribution in [0.1, 0.15) is 34.3 Å². The summed E-state index contributed by atoms with van der Waals surface area (Å²) in [7, 11) is 0. The summed E-state index contributed by atoms with van der Waals surface area (Å²) in [5.41, 5.74) is 3.81. The van der Waals surface area contributed by atoms with Crippen LogP contribution in [0.4, 0.5) is 4.39 Å². The lowest BCUT2D eigenvalue weighted by atomic mass is 10.1. The number of thioether (sulfide) groups is 1. The number of ketones is 1. The summed E-state index contributed by atoms with van der Waals surface area (Å²) < 4.78 is 14.6. The van der Waals surface area contributed by atoms with Gasteiger partial charge >= 0.3 is 0 Å². The fourth-order valence-electron chi connectivity index (χ4n) is 2.56. The summed E-state index contributed by atoms with van der Waals surface area (Å²) in [6.45, 7) is 4.10. The summed E-state index contributed by atoms with van der Waals surface area (Å²) in [6, 6.07) is 11.7. The van der Waals surface area contributed by atoms with Crippen molar-refractivity contribution in [3.63, 3.8) is 0 Å². The van der Waals surface area contributed by atoms with Gasteiger partial charge in [-0.15, -0.1) is 5.10 Å². The molecule has 0 fully saturated rings. The molecule has 0 radical (unpaired) electrons. The Bertz CT molecular complexity index is 908. The maximum atomic E-state index is 12.9. The largest absolute Gasteiger partial charge is 0.294 e. The van der Waals surface area contributed by atoms with E-state index in [0.29, 0.717) is 23.6 Å². The molecule has 1 heterocycles. The normalized spacial score (nSPS) is 10.9. The summed E-state index contributed by atoms with van der Waals surface area (Å²) >= 11 is 1.52. The van der Waals surface area contributed by atoms with Gasteiger partial charge in [0.1, 0.15) is 5.82 Å². The molecule has 26 heavy (non-hydrogen) atoms. The summed E-state index contributed by atoms with van der Waals surface area (Å²) in [4.78, 5) is 12.1. The van der Waals surface area contributed by atoms with E-state index in [1.165, 1.54) is 41.6 Å². The number of hydrogen-bond donors (Lipinski definition) is 0. The first-order chi connectivity index (χ1) is 12.6. The lowest BCUT2D eigenvalue weighted by Crippen LogP contribution is -2.03. The molecule has 0 aliphatic rings. The van der Waals surface area contributed by atoms with Gasteiger partial charge in [0.15, 0.2) is 5.78 Å². The first kappa shape index (κ1) is 18.3. The number of aromatic nitrogens is 4. The highest BCUT2D eigenvalue weighted by Gasteiger charge is 2.12. The molecule has 3 rings (SSSR count). The third-order valence-electron chi connectivity index (χ3n) is 4.19. The third kappa shape index (κ3) is 4.16. The van der Waals surface area contributed by atoms with Gasteiger partial charge in [-0.05, 0) is 72.2 Å². The van der Waals surface area contributed by atoms with Gasteiger partial charge in [-0.25, -0.2) is 4.39 Å². The Morgan fingerprint density at radius 3 is 2.69 bits per heavy atom. The summed E-state index contributed by atoms with van der Waals surface area (Å²) in [5, 5.41) is 12.7. The molecule has 5 nitrogen and oxygen atoms in total. The van der Waals surface area contributed by atoms with Gasteiger partial charge in [-0.1, -0.05) is 23.9 Å². The Morgan fingerprint density at radius 1 is 1.15 bits per heavy atom. The standard InChI is InChI=1S/C19H19FN4OS/c1-13-5-3-6-17(14(13)2)24-19(21-22-23-24)26-12-4-7-18(25)15-8-10-16(20)11-9-15/h3,5-6,8-11H,4,7,12H2,1-2H3. The average molecular weight is 370 g/mol. The van der Waals surface area contributed by atoms with E-state index in [0.717, 1.165) is 17.0 Å². The van der Waals surface area contributed by atoms with Gasteiger partial charge in [0.05, 0.1) is 5.69 Å². The number of hydrogen-bond acceptors (Lipinski definition) is 5. The Labute approximate surface area is 155 Å². The zero-order valence-electron chi connectivity index (χ0n) is 14.6. The van der Waals surface area contributed by atoms with Crippen molar-refractivity contribution >= 4 is 17.5 Å². The predicted octanol–water partition coefficient (Wildman–Crippen LogP) is 4.17. The van der Waals surface area contributed by atoms with Gasteiger partial charge in [-0.2, -0.15) is 4.68 Å². The topological polar surface area (TPSA) is 60.7 Å². The number of aryl methyl sites for hydroxylation is 1. The smallest absolute Gasteiger partial charge is 0.214 e. The number of carbonyl (C=O) groups excluding carboxylic acids is 1. The molecule has 0 atom stereocenters. The minimum atomic E-state index is -0.338. The van der Waals surface area contributed by atoms with Crippen molar-refractivity contribution in [3.05, 3.63) is 65.0 Å². The van der Waals surface area contributed by atoms with E-state index in [2.05, 4.69) is 28.5 Å². The first-order valence-corrected chi connectivity index (χ1v) is 9.31. The average Bonchev–Trinajstić information content (AvgIpc) is 3.10. The number of benzene rings is 2. The van der Waals surface area contributed by atoms with Crippen LogP contribution in [-0.2, 0) is 0 Å². The van der Waals surface area contributed by atoms with E-state index in [1.807, 2.05) is 19.1 Å². The van der Waals surface area contributed by atoms with Gasteiger partial charge < -0.3 is 0 Å². The predicted molar refractivity (Wildman–Crippen MR) is 99.3 cm³/mol.